The van der Waals surface area contributed by atoms with Gasteiger partial charge in [0.15, 0.2) is 0 Å². The molecule has 0 aliphatic rings. The van der Waals surface area contributed by atoms with Gasteiger partial charge in [-0.05, 0) is 19.8 Å². The van der Waals surface area contributed by atoms with Gasteiger partial charge in [0.25, 0.3) is 10.1 Å². The summed E-state index contributed by atoms with van der Waals surface area (Å²) in [5.74, 6) is -0.344. The van der Waals surface area contributed by atoms with E-state index in [2.05, 4.69) is 8.92 Å². The highest BCUT2D eigenvalue weighted by atomic mass is 32.2. The van der Waals surface area contributed by atoms with Crippen molar-refractivity contribution >= 4 is 16.1 Å². The Morgan fingerprint density at radius 3 is 2.29 bits per heavy atom. The molecule has 0 aromatic heterocycles. The van der Waals surface area contributed by atoms with E-state index in [4.69, 9.17) is 0 Å². The summed E-state index contributed by atoms with van der Waals surface area (Å²) >= 11 is 0. The first-order chi connectivity index (χ1) is 6.48. The zero-order chi connectivity index (χ0) is 11.0. The van der Waals surface area contributed by atoms with Gasteiger partial charge < -0.3 is 4.74 Å². The average molecular weight is 224 g/mol. The van der Waals surface area contributed by atoms with E-state index in [1.54, 1.807) is 0 Å². The fourth-order valence-corrected chi connectivity index (χ4v) is 1.23. The van der Waals surface area contributed by atoms with Gasteiger partial charge in [-0.2, -0.15) is 8.42 Å². The number of carbonyl (C=O) groups excluding carboxylic acids is 1. The van der Waals surface area contributed by atoms with Gasteiger partial charge in [-0.25, -0.2) is 0 Å². The van der Waals surface area contributed by atoms with Crippen molar-refractivity contribution < 1.29 is 22.1 Å². The lowest BCUT2D eigenvalue weighted by Gasteiger charge is -2.03. The third-order valence-corrected chi connectivity index (χ3v) is 2.69. The van der Waals surface area contributed by atoms with E-state index < -0.39 is 10.1 Å². The molecule has 0 saturated carbocycles. The Balaban J connectivity index is 3.35. The van der Waals surface area contributed by atoms with E-state index in [0.29, 0.717) is 19.4 Å². The number of hydrogen-bond donors (Lipinski definition) is 0. The van der Waals surface area contributed by atoms with Gasteiger partial charge >= 0.3 is 5.97 Å². The standard InChI is InChI=1S/C8H16O5S/c1-3-14(10,11)13-7-5-4-6-12-8(2)9/h3-7H2,1-2H3. The molecule has 0 bridgehead atoms. The molecule has 0 fully saturated rings. The van der Waals surface area contributed by atoms with Crippen LogP contribution in [0.4, 0.5) is 0 Å². The second kappa shape index (κ2) is 6.78. The Kier molecular flexibility index (Phi) is 6.48. The fraction of sp³-hybridized carbons (Fsp3) is 0.875. The molecule has 0 saturated heterocycles. The number of unbranched alkanes of at least 4 members (excludes halogenated alkanes) is 1. The Labute approximate surface area is 84.5 Å². The maximum Gasteiger partial charge on any atom is 0.302 e. The molecule has 0 amide bonds. The minimum absolute atomic E-state index is 0.0169. The highest BCUT2D eigenvalue weighted by molar-refractivity contribution is 7.86. The Hall–Kier alpha value is -0.620. The molecule has 0 rings (SSSR count). The number of ether oxygens (including phenoxy) is 1. The molecule has 0 unspecified atom stereocenters. The minimum Gasteiger partial charge on any atom is -0.466 e. The average Bonchev–Trinajstić information content (AvgIpc) is 2.10. The van der Waals surface area contributed by atoms with E-state index in [9.17, 15) is 13.2 Å². The Bertz CT molecular complexity index is 257. The SMILES string of the molecule is CCS(=O)(=O)OCCCCOC(C)=O. The molecule has 0 radical (unpaired) electrons. The lowest BCUT2D eigenvalue weighted by atomic mass is 10.3. The Morgan fingerprint density at radius 2 is 1.79 bits per heavy atom. The topological polar surface area (TPSA) is 69.7 Å². The minimum atomic E-state index is -3.33. The van der Waals surface area contributed by atoms with Crippen LogP contribution in [0.2, 0.25) is 0 Å². The summed E-state index contributed by atoms with van der Waals surface area (Å²) in [4.78, 5) is 10.3. The van der Waals surface area contributed by atoms with Crippen molar-refractivity contribution in [2.24, 2.45) is 0 Å². The summed E-state index contributed by atoms with van der Waals surface area (Å²) in [6.45, 7) is 3.31. The molecule has 0 aliphatic heterocycles. The highest BCUT2D eigenvalue weighted by Gasteiger charge is 2.05. The molecule has 6 heteroatoms. The molecular weight excluding hydrogens is 208 g/mol. The lowest BCUT2D eigenvalue weighted by molar-refractivity contribution is -0.141. The molecule has 0 atom stereocenters. The van der Waals surface area contributed by atoms with Gasteiger partial charge in [-0.1, -0.05) is 0 Å². The molecule has 0 aliphatic carbocycles. The van der Waals surface area contributed by atoms with Gasteiger partial charge in [0.1, 0.15) is 0 Å². The van der Waals surface area contributed by atoms with Crippen molar-refractivity contribution in [2.45, 2.75) is 26.7 Å². The van der Waals surface area contributed by atoms with Crippen LogP contribution in [-0.4, -0.2) is 33.4 Å². The summed E-state index contributed by atoms with van der Waals surface area (Å²) in [7, 11) is -3.33. The van der Waals surface area contributed by atoms with Crippen LogP contribution in [0.1, 0.15) is 26.7 Å². The molecule has 0 aromatic carbocycles. The van der Waals surface area contributed by atoms with Crippen molar-refractivity contribution in [3.63, 3.8) is 0 Å². The molecule has 14 heavy (non-hydrogen) atoms. The van der Waals surface area contributed by atoms with Crippen molar-refractivity contribution in [3.05, 3.63) is 0 Å². The van der Waals surface area contributed by atoms with E-state index in [1.807, 2.05) is 0 Å². The fourth-order valence-electron chi connectivity index (χ4n) is 0.689. The summed E-state index contributed by atoms with van der Waals surface area (Å²) in [6, 6.07) is 0. The molecule has 0 N–H and O–H groups in total. The van der Waals surface area contributed by atoms with Crippen LogP contribution in [0.3, 0.4) is 0 Å². The molecule has 0 aromatic rings. The summed E-state index contributed by atoms with van der Waals surface area (Å²) < 4.78 is 30.9. The van der Waals surface area contributed by atoms with Crippen LogP contribution >= 0.6 is 0 Å². The Morgan fingerprint density at radius 1 is 1.21 bits per heavy atom. The van der Waals surface area contributed by atoms with Gasteiger partial charge in [-0.3, -0.25) is 8.98 Å². The van der Waals surface area contributed by atoms with Crippen molar-refractivity contribution in [3.8, 4) is 0 Å². The monoisotopic (exact) mass is 224 g/mol. The van der Waals surface area contributed by atoms with Crippen LogP contribution in [0.15, 0.2) is 0 Å². The molecule has 84 valence electrons. The lowest BCUT2D eigenvalue weighted by Crippen LogP contribution is -2.10. The second-order valence-corrected chi connectivity index (χ2v) is 4.64. The molecule has 0 heterocycles. The number of esters is 1. The maximum atomic E-state index is 10.8. The molecule has 0 spiro atoms. The molecule has 5 nitrogen and oxygen atoms in total. The first-order valence-electron chi connectivity index (χ1n) is 4.48. The third-order valence-electron chi connectivity index (χ3n) is 1.46. The van der Waals surface area contributed by atoms with Crippen LogP contribution in [0, 0.1) is 0 Å². The number of hydrogen-bond acceptors (Lipinski definition) is 5. The maximum absolute atomic E-state index is 10.8. The van der Waals surface area contributed by atoms with E-state index in [1.165, 1.54) is 13.8 Å². The van der Waals surface area contributed by atoms with Gasteiger partial charge in [0, 0.05) is 6.92 Å². The van der Waals surface area contributed by atoms with E-state index in [-0.39, 0.29) is 18.3 Å². The number of carbonyl (C=O) groups is 1. The van der Waals surface area contributed by atoms with Gasteiger partial charge in [0.2, 0.25) is 0 Å². The predicted octanol–water partition coefficient (Wildman–Crippen LogP) is 0.696. The van der Waals surface area contributed by atoms with Crippen molar-refractivity contribution in [1.82, 2.24) is 0 Å². The van der Waals surface area contributed by atoms with Gasteiger partial charge in [0.05, 0.1) is 19.0 Å². The van der Waals surface area contributed by atoms with Gasteiger partial charge in [-0.15, -0.1) is 0 Å². The third kappa shape index (κ3) is 8.00. The zero-order valence-electron chi connectivity index (χ0n) is 8.49. The van der Waals surface area contributed by atoms with Crippen molar-refractivity contribution in [2.75, 3.05) is 19.0 Å². The quantitative estimate of drug-likeness (QED) is 0.361. The number of rotatable bonds is 7. The van der Waals surface area contributed by atoms with Crippen LogP contribution in [-0.2, 0) is 23.8 Å². The highest BCUT2D eigenvalue weighted by Crippen LogP contribution is 1.97. The second-order valence-electron chi connectivity index (χ2n) is 2.72. The van der Waals surface area contributed by atoms with E-state index in [0.717, 1.165) is 0 Å². The molecular formula is C8H16O5S. The first-order valence-corrected chi connectivity index (χ1v) is 6.06. The van der Waals surface area contributed by atoms with Crippen LogP contribution < -0.4 is 0 Å². The van der Waals surface area contributed by atoms with Crippen LogP contribution in [0.5, 0.6) is 0 Å². The summed E-state index contributed by atoms with van der Waals surface area (Å²) in [5.41, 5.74) is 0. The summed E-state index contributed by atoms with van der Waals surface area (Å²) in [6.07, 6.45) is 1.17. The largest absolute Gasteiger partial charge is 0.466 e. The predicted molar refractivity (Wildman–Crippen MR) is 51.3 cm³/mol. The summed E-state index contributed by atoms with van der Waals surface area (Å²) in [5, 5.41) is 0. The normalized spacial score (nSPS) is 11.3. The van der Waals surface area contributed by atoms with E-state index >= 15 is 0 Å². The first kappa shape index (κ1) is 13.4. The van der Waals surface area contributed by atoms with Crippen molar-refractivity contribution in [1.29, 1.82) is 0 Å². The van der Waals surface area contributed by atoms with Crippen LogP contribution in [0.25, 0.3) is 0 Å². The smallest absolute Gasteiger partial charge is 0.302 e. The zero-order valence-corrected chi connectivity index (χ0v) is 9.30.